The van der Waals surface area contributed by atoms with Crippen molar-refractivity contribution in [3.8, 4) is 11.5 Å². The number of carbonyl (C=O) groups is 1. The monoisotopic (exact) mass is 204 g/mol. The van der Waals surface area contributed by atoms with Crippen LogP contribution in [0.3, 0.4) is 0 Å². The third-order valence-electron chi connectivity index (χ3n) is 3.00. The van der Waals surface area contributed by atoms with E-state index < -0.39 is 0 Å². The van der Waals surface area contributed by atoms with E-state index in [9.17, 15) is 4.79 Å². The lowest BCUT2D eigenvalue weighted by atomic mass is 9.84. The van der Waals surface area contributed by atoms with Crippen molar-refractivity contribution in [3.05, 3.63) is 23.3 Å². The second-order valence-electron chi connectivity index (χ2n) is 4.30. The summed E-state index contributed by atoms with van der Waals surface area (Å²) in [5.74, 6) is 2.14. The minimum absolute atomic E-state index is 0.224. The Morgan fingerprint density at radius 2 is 1.93 bits per heavy atom. The molecule has 0 fully saturated rings. The van der Waals surface area contributed by atoms with Gasteiger partial charge >= 0.3 is 0 Å². The molecule has 0 N–H and O–H groups in total. The van der Waals surface area contributed by atoms with Gasteiger partial charge in [0, 0.05) is 12.0 Å². The fourth-order valence-electron chi connectivity index (χ4n) is 2.29. The zero-order chi connectivity index (χ0) is 10.4. The predicted molar refractivity (Wildman–Crippen MR) is 54.4 cm³/mol. The molecule has 1 aliphatic carbocycles. The fraction of sp³-hybridized carbons (Fsp3) is 0.417. The van der Waals surface area contributed by atoms with Gasteiger partial charge in [-0.25, -0.2) is 0 Å². The molecule has 3 heteroatoms. The third kappa shape index (κ3) is 1.30. The number of benzene rings is 1. The van der Waals surface area contributed by atoms with Crippen LogP contribution < -0.4 is 9.47 Å². The van der Waals surface area contributed by atoms with Crippen molar-refractivity contribution in [3.63, 3.8) is 0 Å². The number of rotatable bonds is 0. The molecule has 0 spiro atoms. The van der Waals surface area contributed by atoms with Crippen LogP contribution in [0.1, 0.15) is 29.3 Å². The van der Waals surface area contributed by atoms with Gasteiger partial charge in [0.1, 0.15) is 0 Å². The maximum Gasteiger partial charge on any atom is 0.231 e. The van der Waals surface area contributed by atoms with Crippen molar-refractivity contribution in [2.75, 3.05) is 6.79 Å². The topological polar surface area (TPSA) is 35.5 Å². The van der Waals surface area contributed by atoms with Crippen LogP contribution in [0.15, 0.2) is 12.1 Å². The normalized spacial score (nSPS) is 22.7. The van der Waals surface area contributed by atoms with E-state index in [0.29, 0.717) is 18.1 Å². The van der Waals surface area contributed by atoms with Crippen molar-refractivity contribution in [1.82, 2.24) is 0 Å². The van der Waals surface area contributed by atoms with Crippen LogP contribution in [0.5, 0.6) is 11.5 Å². The van der Waals surface area contributed by atoms with Gasteiger partial charge in [0.15, 0.2) is 17.3 Å². The molecule has 0 saturated heterocycles. The van der Waals surface area contributed by atoms with Gasteiger partial charge in [0.25, 0.3) is 0 Å². The van der Waals surface area contributed by atoms with E-state index in [4.69, 9.17) is 9.47 Å². The van der Waals surface area contributed by atoms with E-state index in [1.54, 1.807) is 0 Å². The Morgan fingerprint density at radius 3 is 2.73 bits per heavy atom. The van der Waals surface area contributed by atoms with Crippen LogP contribution in [0.2, 0.25) is 0 Å². The number of hydrogen-bond acceptors (Lipinski definition) is 3. The summed E-state index contributed by atoms with van der Waals surface area (Å²) in [5, 5.41) is 0. The maximum absolute atomic E-state index is 11.8. The van der Waals surface area contributed by atoms with Gasteiger partial charge in [-0.3, -0.25) is 4.79 Å². The highest BCUT2D eigenvalue weighted by Gasteiger charge is 2.26. The van der Waals surface area contributed by atoms with Gasteiger partial charge in [-0.2, -0.15) is 0 Å². The van der Waals surface area contributed by atoms with Gasteiger partial charge < -0.3 is 9.47 Å². The lowest BCUT2D eigenvalue weighted by Crippen LogP contribution is -2.17. The van der Waals surface area contributed by atoms with Crippen LogP contribution in [0, 0.1) is 5.92 Å². The van der Waals surface area contributed by atoms with Gasteiger partial charge in [-0.1, -0.05) is 6.92 Å². The highest BCUT2D eigenvalue weighted by atomic mass is 16.7. The van der Waals surface area contributed by atoms with Gasteiger partial charge in [-0.15, -0.1) is 0 Å². The molecule has 1 aromatic rings. The molecule has 0 amide bonds. The smallest absolute Gasteiger partial charge is 0.231 e. The summed E-state index contributed by atoms with van der Waals surface area (Å²) in [6, 6.07) is 3.77. The van der Waals surface area contributed by atoms with Crippen LogP contribution >= 0.6 is 0 Å². The number of fused-ring (bicyclic) bond motifs is 2. The first-order valence-corrected chi connectivity index (χ1v) is 5.20. The van der Waals surface area contributed by atoms with E-state index in [-0.39, 0.29) is 12.6 Å². The second-order valence-corrected chi connectivity index (χ2v) is 4.30. The Morgan fingerprint density at radius 1 is 1.20 bits per heavy atom. The van der Waals surface area contributed by atoms with Gasteiger partial charge in [0.05, 0.1) is 0 Å². The Bertz CT molecular complexity index is 437. The van der Waals surface area contributed by atoms with Crippen LogP contribution in [0.25, 0.3) is 0 Å². The number of ketones is 1. The average molecular weight is 204 g/mol. The standard InChI is InChI=1S/C12H12O3/c1-7-2-8-4-11-12(15-6-14-11)5-9(8)10(13)3-7/h4-5,7H,2-3,6H2,1H3/t7-/m1/s1. The average Bonchev–Trinajstić information content (AvgIpc) is 2.61. The molecule has 2 aliphatic rings. The summed E-state index contributed by atoms with van der Waals surface area (Å²) >= 11 is 0. The molecule has 1 heterocycles. The third-order valence-corrected chi connectivity index (χ3v) is 3.00. The molecule has 1 atom stereocenters. The van der Waals surface area contributed by atoms with Gasteiger partial charge in [-0.05, 0) is 30.0 Å². The molecule has 0 radical (unpaired) electrons. The number of ether oxygens (including phenoxy) is 2. The maximum atomic E-state index is 11.8. The lowest BCUT2D eigenvalue weighted by Gasteiger charge is -2.20. The minimum Gasteiger partial charge on any atom is -0.454 e. The van der Waals surface area contributed by atoms with E-state index in [1.165, 1.54) is 0 Å². The predicted octanol–water partition coefficient (Wildman–Crippen LogP) is 2.18. The molecule has 0 aromatic heterocycles. The van der Waals surface area contributed by atoms with Crippen molar-refractivity contribution in [2.24, 2.45) is 5.92 Å². The van der Waals surface area contributed by atoms with E-state index in [1.807, 2.05) is 12.1 Å². The summed E-state index contributed by atoms with van der Waals surface area (Å²) in [5.41, 5.74) is 1.92. The largest absolute Gasteiger partial charge is 0.454 e. The van der Waals surface area contributed by atoms with Crippen molar-refractivity contribution >= 4 is 5.78 Å². The first-order valence-electron chi connectivity index (χ1n) is 5.20. The van der Waals surface area contributed by atoms with Crippen LogP contribution in [-0.4, -0.2) is 12.6 Å². The highest BCUT2D eigenvalue weighted by molar-refractivity contribution is 5.99. The molecule has 1 aromatic carbocycles. The summed E-state index contributed by atoms with van der Waals surface area (Å²) < 4.78 is 10.6. The summed E-state index contributed by atoms with van der Waals surface area (Å²) in [6.45, 7) is 2.37. The second kappa shape index (κ2) is 2.99. The van der Waals surface area contributed by atoms with Crippen LogP contribution in [0.4, 0.5) is 0 Å². The molecule has 15 heavy (non-hydrogen) atoms. The molecule has 0 saturated carbocycles. The summed E-state index contributed by atoms with van der Waals surface area (Å²) in [6.07, 6.45) is 1.60. The Kier molecular flexibility index (Phi) is 1.75. The quantitative estimate of drug-likeness (QED) is 0.649. The first-order chi connectivity index (χ1) is 7.24. The first kappa shape index (κ1) is 8.77. The molecule has 3 rings (SSSR count). The molecular formula is C12H12O3. The highest BCUT2D eigenvalue weighted by Crippen LogP contribution is 2.38. The van der Waals surface area contributed by atoms with Crippen molar-refractivity contribution in [2.45, 2.75) is 19.8 Å². The van der Waals surface area contributed by atoms with E-state index in [2.05, 4.69) is 6.92 Å². The zero-order valence-electron chi connectivity index (χ0n) is 8.58. The van der Waals surface area contributed by atoms with Crippen molar-refractivity contribution in [1.29, 1.82) is 0 Å². The van der Waals surface area contributed by atoms with Gasteiger partial charge in [0.2, 0.25) is 6.79 Å². The SMILES string of the molecule is C[C@H]1CC(=O)c2cc3c(cc2C1)OCO3. The Hall–Kier alpha value is -1.51. The molecule has 78 valence electrons. The van der Waals surface area contributed by atoms with Crippen molar-refractivity contribution < 1.29 is 14.3 Å². The molecule has 0 bridgehead atoms. The van der Waals surface area contributed by atoms with Crippen LogP contribution in [-0.2, 0) is 6.42 Å². The van der Waals surface area contributed by atoms with E-state index in [0.717, 1.165) is 23.3 Å². The lowest BCUT2D eigenvalue weighted by molar-refractivity contribution is 0.0953. The summed E-state index contributed by atoms with van der Waals surface area (Å²) in [4.78, 5) is 11.8. The zero-order valence-corrected chi connectivity index (χ0v) is 8.58. The minimum atomic E-state index is 0.224. The number of hydrogen-bond donors (Lipinski definition) is 0. The van der Waals surface area contributed by atoms with E-state index >= 15 is 0 Å². The number of carbonyl (C=O) groups excluding carboxylic acids is 1. The molecular weight excluding hydrogens is 192 g/mol. The number of Topliss-reactive ketones (excluding diaryl/α,β-unsaturated/α-hetero) is 1. The Balaban J connectivity index is 2.13. The molecule has 0 unspecified atom stereocenters. The molecule has 3 nitrogen and oxygen atoms in total. The summed E-state index contributed by atoms with van der Waals surface area (Å²) in [7, 11) is 0. The fourth-order valence-corrected chi connectivity index (χ4v) is 2.29. The Labute approximate surface area is 88.0 Å². The molecule has 1 aliphatic heterocycles.